The third kappa shape index (κ3) is 30.8. The number of nitrogens with zero attached hydrogens (tertiary/aromatic N) is 1. The van der Waals surface area contributed by atoms with E-state index in [9.17, 15) is 9.46 Å². The maximum atomic E-state index is 12.1. The molecule has 0 heterocycles. The molecule has 1 unspecified atom stereocenters. The van der Waals surface area contributed by atoms with E-state index in [0.717, 1.165) is 32.1 Å². The molecule has 0 amide bonds. The second-order valence-corrected chi connectivity index (χ2v) is 13.2. The van der Waals surface area contributed by atoms with Crippen molar-refractivity contribution in [3.63, 3.8) is 0 Å². The topological polar surface area (TPSA) is 59.0 Å². The molecule has 0 radical (unpaired) electrons. The molecular formula is C33H70NO4P. The highest BCUT2D eigenvalue weighted by molar-refractivity contribution is 7.47. The number of rotatable bonds is 33. The van der Waals surface area contributed by atoms with Crippen LogP contribution < -0.4 is 0 Å². The summed E-state index contributed by atoms with van der Waals surface area (Å²) in [7, 11) is -3.89. The minimum absolute atomic E-state index is 0.310. The number of hydrogen-bond donors (Lipinski definition) is 1. The summed E-state index contributed by atoms with van der Waals surface area (Å²) in [4.78, 5) is 12.6. The molecule has 0 aliphatic carbocycles. The second-order valence-electron chi connectivity index (χ2n) is 11.8. The van der Waals surface area contributed by atoms with Crippen LogP contribution in [0.4, 0.5) is 0 Å². The maximum Gasteiger partial charge on any atom is 0.472 e. The Hall–Kier alpha value is 0.0700. The fourth-order valence-electron chi connectivity index (χ4n) is 5.17. The van der Waals surface area contributed by atoms with Gasteiger partial charge in [0.05, 0.1) is 13.2 Å². The Labute approximate surface area is 245 Å². The Morgan fingerprint density at radius 2 is 0.692 bits per heavy atom. The lowest BCUT2D eigenvalue weighted by Gasteiger charge is -2.22. The van der Waals surface area contributed by atoms with E-state index in [1.807, 2.05) is 0 Å². The summed E-state index contributed by atoms with van der Waals surface area (Å²) in [6.07, 6.45) is 31.5. The smallest absolute Gasteiger partial charge is 0.303 e. The first-order chi connectivity index (χ1) is 19.1. The Kier molecular flexibility index (Phi) is 31.1. The van der Waals surface area contributed by atoms with Gasteiger partial charge in [-0.2, -0.15) is 0 Å². The summed E-state index contributed by atoms with van der Waals surface area (Å²) in [5, 5.41) is 0. The first-order valence-corrected chi connectivity index (χ1v) is 18.9. The Morgan fingerprint density at radius 3 is 1.00 bits per heavy atom. The van der Waals surface area contributed by atoms with Gasteiger partial charge in [-0.1, -0.05) is 149 Å². The second kappa shape index (κ2) is 31.0. The average Bonchev–Trinajstić information content (AvgIpc) is 2.92. The molecule has 6 heteroatoms. The van der Waals surface area contributed by atoms with Crippen LogP contribution in [-0.2, 0) is 13.6 Å². The quantitative estimate of drug-likeness (QED) is 0.0623. The van der Waals surface area contributed by atoms with Crippen molar-refractivity contribution >= 4 is 7.82 Å². The van der Waals surface area contributed by atoms with E-state index in [-0.39, 0.29) is 0 Å². The van der Waals surface area contributed by atoms with E-state index in [2.05, 4.69) is 25.7 Å². The van der Waals surface area contributed by atoms with E-state index >= 15 is 0 Å². The summed E-state index contributed by atoms with van der Waals surface area (Å²) in [6, 6.07) is 0. The molecule has 0 aromatic rings. The minimum Gasteiger partial charge on any atom is -0.303 e. The first kappa shape index (κ1) is 39.1. The van der Waals surface area contributed by atoms with Gasteiger partial charge in [0.2, 0.25) is 0 Å². The highest BCUT2D eigenvalue weighted by Crippen LogP contribution is 2.43. The van der Waals surface area contributed by atoms with Crippen molar-refractivity contribution in [2.24, 2.45) is 0 Å². The van der Waals surface area contributed by atoms with Crippen molar-refractivity contribution in [2.75, 3.05) is 32.8 Å². The van der Waals surface area contributed by atoms with Gasteiger partial charge in [0.1, 0.15) is 0 Å². The predicted molar refractivity (Wildman–Crippen MR) is 171 cm³/mol. The minimum atomic E-state index is -3.89. The standard InChI is InChI=1S/C33H70NO4P/c1-4-7-10-13-16-17-18-22-27-32-37-39(35,36)38-33-28-23-21-26-31-34(29-24-19-14-11-8-5-2)30-25-20-15-12-9-6-3/h4-33H2,1-3H3,(H,35,36). The van der Waals surface area contributed by atoms with Crippen LogP contribution in [0.1, 0.15) is 181 Å². The molecule has 0 spiro atoms. The molecule has 0 aromatic carbocycles. The molecule has 0 rings (SSSR count). The van der Waals surface area contributed by atoms with Crippen LogP contribution in [0, 0.1) is 0 Å². The normalized spacial score (nSPS) is 13.4. The summed E-state index contributed by atoms with van der Waals surface area (Å²) >= 11 is 0. The molecular weight excluding hydrogens is 505 g/mol. The largest absolute Gasteiger partial charge is 0.472 e. The molecule has 1 N–H and O–H groups in total. The Bertz CT molecular complexity index is 504. The summed E-state index contributed by atoms with van der Waals surface area (Å²) < 4.78 is 22.5. The maximum absolute atomic E-state index is 12.1. The van der Waals surface area contributed by atoms with Crippen LogP contribution in [-0.4, -0.2) is 42.6 Å². The van der Waals surface area contributed by atoms with Crippen LogP contribution in [0.15, 0.2) is 0 Å². The van der Waals surface area contributed by atoms with Crippen molar-refractivity contribution in [3.05, 3.63) is 0 Å². The molecule has 0 aliphatic rings. The van der Waals surface area contributed by atoms with Crippen molar-refractivity contribution in [3.8, 4) is 0 Å². The third-order valence-corrected chi connectivity index (χ3v) is 8.80. The van der Waals surface area contributed by atoms with Gasteiger partial charge in [-0.3, -0.25) is 9.05 Å². The molecule has 0 aromatic heterocycles. The highest BCUT2D eigenvalue weighted by atomic mass is 31.2. The zero-order chi connectivity index (χ0) is 28.7. The van der Waals surface area contributed by atoms with E-state index in [1.165, 1.54) is 148 Å². The fraction of sp³-hybridized carbons (Fsp3) is 1.00. The Morgan fingerprint density at radius 1 is 0.436 bits per heavy atom. The number of phosphoric ester groups is 1. The van der Waals surface area contributed by atoms with Gasteiger partial charge in [-0.05, 0) is 51.7 Å². The monoisotopic (exact) mass is 576 g/mol. The number of hydrogen-bond acceptors (Lipinski definition) is 4. The van der Waals surface area contributed by atoms with Crippen LogP contribution in [0.2, 0.25) is 0 Å². The summed E-state index contributed by atoms with van der Waals surface area (Å²) in [5.74, 6) is 0. The number of phosphoric acid groups is 1. The van der Waals surface area contributed by atoms with E-state index in [1.54, 1.807) is 0 Å². The lowest BCUT2D eigenvalue weighted by Crippen LogP contribution is -2.27. The van der Waals surface area contributed by atoms with E-state index in [0.29, 0.717) is 13.2 Å². The third-order valence-electron chi connectivity index (χ3n) is 7.78. The van der Waals surface area contributed by atoms with Crippen molar-refractivity contribution < 1.29 is 18.5 Å². The Balaban J connectivity index is 3.85. The van der Waals surface area contributed by atoms with Crippen LogP contribution >= 0.6 is 7.82 Å². The highest BCUT2D eigenvalue weighted by Gasteiger charge is 2.20. The SMILES string of the molecule is CCCCCCCCCCCOP(=O)(O)OCCCCCCN(CCCCCCCC)CCCCCCCC. The van der Waals surface area contributed by atoms with Crippen molar-refractivity contribution in [1.82, 2.24) is 4.90 Å². The van der Waals surface area contributed by atoms with Gasteiger partial charge < -0.3 is 9.79 Å². The molecule has 1 atom stereocenters. The van der Waals surface area contributed by atoms with Gasteiger partial charge >= 0.3 is 7.82 Å². The molecule has 0 aliphatic heterocycles. The van der Waals surface area contributed by atoms with E-state index in [4.69, 9.17) is 9.05 Å². The van der Waals surface area contributed by atoms with Crippen LogP contribution in [0.3, 0.4) is 0 Å². The summed E-state index contributed by atoms with van der Waals surface area (Å²) in [6.45, 7) is 11.1. The predicted octanol–water partition coefficient (Wildman–Crippen LogP) is 11.2. The molecule has 5 nitrogen and oxygen atoms in total. The van der Waals surface area contributed by atoms with Crippen LogP contribution in [0.25, 0.3) is 0 Å². The fourth-order valence-corrected chi connectivity index (χ4v) is 5.96. The zero-order valence-corrected chi connectivity index (χ0v) is 27.7. The molecule has 0 fully saturated rings. The number of unbranched alkanes of at least 4 members (excludes halogenated alkanes) is 21. The molecule has 0 saturated carbocycles. The van der Waals surface area contributed by atoms with Gasteiger partial charge in [0, 0.05) is 0 Å². The molecule has 39 heavy (non-hydrogen) atoms. The van der Waals surface area contributed by atoms with Gasteiger partial charge in [-0.15, -0.1) is 0 Å². The van der Waals surface area contributed by atoms with Crippen molar-refractivity contribution in [2.45, 2.75) is 181 Å². The zero-order valence-electron chi connectivity index (χ0n) is 26.8. The van der Waals surface area contributed by atoms with E-state index < -0.39 is 7.82 Å². The summed E-state index contributed by atoms with van der Waals surface area (Å²) in [5.41, 5.74) is 0. The average molecular weight is 576 g/mol. The van der Waals surface area contributed by atoms with Gasteiger partial charge in [-0.25, -0.2) is 4.57 Å². The van der Waals surface area contributed by atoms with Gasteiger partial charge in [0.15, 0.2) is 0 Å². The molecule has 0 bridgehead atoms. The van der Waals surface area contributed by atoms with Crippen molar-refractivity contribution in [1.29, 1.82) is 0 Å². The molecule has 236 valence electrons. The van der Waals surface area contributed by atoms with Gasteiger partial charge in [0.25, 0.3) is 0 Å². The van der Waals surface area contributed by atoms with Crippen LogP contribution in [0.5, 0.6) is 0 Å². The molecule has 0 saturated heterocycles. The lowest BCUT2D eigenvalue weighted by atomic mass is 10.1. The first-order valence-electron chi connectivity index (χ1n) is 17.4. The lowest BCUT2D eigenvalue weighted by molar-refractivity contribution is 0.145.